The number of anilines is 4. The van der Waals surface area contributed by atoms with Crippen LogP contribution in [0, 0.1) is 24.7 Å². The molecule has 0 atom stereocenters. The van der Waals surface area contributed by atoms with Crippen molar-refractivity contribution < 1.29 is 51.9 Å². The highest BCUT2D eigenvalue weighted by molar-refractivity contribution is 7.17. The second kappa shape index (κ2) is 23.7. The predicted octanol–water partition coefficient (Wildman–Crippen LogP) is 6.32. The van der Waals surface area contributed by atoms with Gasteiger partial charge in [0, 0.05) is 108 Å². The van der Waals surface area contributed by atoms with Crippen molar-refractivity contribution >= 4 is 80.9 Å². The third kappa shape index (κ3) is 14.0. The molecule has 2 aromatic heterocycles. The van der Waals surface area contributed by atoms with Crippen LogP contribution in [0.2, 0.25) is 5.02 Å². The first kappa shape index (κ1) is 55.6. The van der Waals surface area contributed by atoms with E-state index in [1.807, 2.05) is 32.0 Å². The van der Waals surface area contributed by atoms with E-state index in [9.17, 15) is 37.1 Å². The molecular weight excluding hydrogens is 1030 g/mol. The van der Waals surface area contributed by atoms with Gasteiger partial charge in [0.15, 0.2) is 16.6 Å². The number of carbonyl (C=O) groups is 5. The second-order valence-corrected chi connectivity index (χ2v) is 21.9. The molecule has 8 N–H and O–H groups in total. The van der Waals surface area contributed by atoms with Crippen LogP contribution in [0.15, 0.2) is 64.8 Å². The monoisotopic (exact) mass is 1090 g/mol. The highest BCUT2D eigenvalue weighted by atomic mass is 35.5. The van der Waals surface area contributed by atoms with Gasteiger partial charge in [-0.1, -0.05) is 48.9 Å². The minimum atomic E-state index is -4.98. The number of amides is 4. The number of aryl methyl sites for hydroxylation is 2. The number of primary amides is 1. The predicted molar refractivity (Wildman–Crippen MR) is 279 cm³/mol. The number of piperazine rings is 2. The van der Waals surface area contributed by atoms with Crippen molar-refractivity contribution in [2.75, 3.05) is 81.0 Å². The van der Waals surface area contributed by atoms with Gasteiger partial charge in [0.2, 0.25) is 5.91 Å². The minimum absolute atomic E-state index is 0.101. The van der Waals surface area contributed by atoms with E-state index in [2.05, 4.69) is 40.7 Å². The van der Waals surface area contributed by atoms with E-state index in [1.165, 1.54) is 17.5 Å². The number of hydrogen-bond acceptors (Lipinski definition) is 16. The van der Waals surface area contributed by atoms with Crippen LogP contribution < -0.4 is 31.9 Å². The molecule has 4 amide bonds. The summed E-state index contributed by atoms with van der Waals surface area (Å²) in [5.74, 6) is 0.223. The Labute approximate surface area is 447 Å². The van der Waals surface area contributed by atoms with Gasteiger partial charge >= 0.3 is 18.4 Å². The van der Waals surface area contributed by atoms with Crippen LogP contribution >= 0.6 is 22.9 Å². The van der Waals surface area contributed by atoms with E-state index in [-0.39, 0.29) is 62.7 Å². The van der Waals surface area contributed by atoms with E-state index >= 15 is 0 Å². The van der Waals surface area contributed by atoms with Gasteiger partial charge in [0.25, 0.3) is 5.91 Å². The molecule has 2 saturated heterocycles. The van der Waals surface area contributed by atoms with E-state index in [4.69, 9.17) is 32.2 Å². The molecule has 25 heteroatoms. The molecule has 4 heterocycles. The molecule has 8 rings (SSSR count). The number of aromatic nitrogens is 3. The molecule has 20 nitrogen and oxygen atoms in total. The van der Waals surface area contributed by atoms with Gasteiger partial charge in [-0.05, 0) is 63.0 Å². The van der Waals surface area contributed by atoms with E-state index < -0.39 is 46.8 Å². The molecule has 2 aliphatic heterocycles. The number of alkyl halides is 3. The zero-order chi connectivity index (χ0) is 54.5. The van der Waals surface area contributed by atoms with Crippen molar-refractivity contribution in [3.05, 3.63) is 86.1 Å². The Hall–Kier alpha value is -6.63. The fourth-order valence-electron chi connectivity index (χ4n) is 10.1. The molecule has 5 aliphatic rings. The number of thiazole rings is 1. The summed E-state index contributed by atoms with van der Waals surface area (Å²) in [5.41, 5.74) is 5.89. The van der Waals surface area contributed by atoms with E-state index in [0.717, 1.165) is 24.5 Å². The number of ketones is 1. The van der Waals surface area contributed by atoms with Crippen LogP contribution in [0.4, 0.5) is 45.2 Å². The number of Topliss-reactive ketones (excluding diaryl/α,β-unsaturated/α-hetero) is 1. The first-order chi connectivity index (χ1) is 36.1. The maximum absolute atomic E-state index is 13.7. The van der Waals surface area contributed by atoms with Gasteiger partial charge in [0.1, 0.15) is 52.0 Å². The van der Waals surface area contributed by atoms with Gasteiger partial charge in [-0.25, -0.2) is 24.5 Å². The highest BCUT2D eigenvalue weighted by Gasteiger charge is 2.46. The van der Waals surface area contributed by atoms with E-state index in [0.29, 0.717) is 114 Å². The fourth-order valence-corrected chi connectivity index (χ4v) is 11.1. The van der Waals surface area contributed by atoms with Crippen LogP contribution in [0.25, 0.3) is 0 Å². The number of para-hydroxylation sites is 1. The number of carbonyl (C=O) groups excluding carboxylic acids is 5. The molecule has 3 aliphatic carbocycles. The lowest BCUT2D eigenvalue weighted by Crippen LogP contribution is -2.81. The Bertz CT molecular complexity index is 2810. The number of nitrogens with zero attached hydrogens (tertiary/aromatic N) is 7. The van der Waals surface area contributed by atoms with Gasteiger partial charge in [-0.2, -0.15) is 13.2 Å². The molecule has 3 aromatic rings. The summed E-state index contributed by atoms with van der Waals surface area (Å²) in [5, 5.41) is 19.8. The summed E-state index contributed by atoms with van der Waals surface area (Å²) in [7, 11) is 0. The van der Waals surface area contributed by atoms with Crippen molar-refractivity contribution in [2.45, 2.75) is 97.4 Å². The van der Waals surface area contributed by atoms with Gasteiger partial charge in [-0.15, -0.1) is 0 Å². The molecule has 76 heavy (non-hydrogen) atoms. The first-order valence-corrected chi connectivity index (χ1v) is 26.6. The third-order valence-corrected chi connectivity index (χ3v) is 15.3. The van der Waals surface area contributed by atoms with Gasteiger partial charge in [-0.3, -0.25) is 30.0 Å². The maximum atomic E-state index is 13.7. The Kier molecular flexibility index (Phi) is 17.4. The van der Waals surface area contributed by atoms with Crippen LogP contribution in [0.5, 0.6) is 0 Å². The van der Waals surface area contributed by atoms with Crippen molar-refractivity contribution in [1.29, 1.82) is 5.41 Å². The lowest BCUT2D eigenvalue weighted by atomic mass is 9.74. The lowest BCUT2D eigenvalue weighted by molar-refractivity contribution is -0.562. The Morgan fingerprint density at radius 3 is 2.33 bits per heavy atom. The molecule has 0 spiro atoms. The molecule has 1 aromatic carbocycles. The summed E-state index contributed by atoms with van der Waals surface area (Å²) in [6.07, 6.45) is -0.102. The summed E-state index contributed by atoms with van der Waals surface area (Å²) in [4.78, 5) is 86.2. The Morgan fingerprint density at radius 2 is 1.66 bits per heavy atom. The summed E-state index contributed by atoms with van der Waals surface area (Å²) < 4.78 is 52.6. The highest BCUT2D eigenvalue weighted by Crippen LogP contribution is 2.38. The molecule has 0 unspecified atom stereocenters. The number of rotatable bonds is 15. The molecule has 1 saturated carbocycles. The van der Waals surface area contributed by atoms with Gasteiger partial charge in [0.05, 0.1) is 16.9 Å². The number of hydrogen-bond donors (Lipinski definition) is 6. The van der Waals surface area contributed by atoms with Crippen molar-refractivity contribution in [2.24, 2.45) is 11.1 Å². The molecule has 408 valence electrons. The average Bonchev–Trinajstić information content (AvgIpc) is 3.83. The number of allylic oxidation sites excluding steroid dienone is 4. The number of halogens is 4. The second-order valence-electron chi connectivity index (χ2n) is 20.5. The van der Waals surface area contributed by atoms with Crippen molar-refractivity contribution in [3.8, 4) is 0 Å². The maximum Gasteiger partial charge on any atom is 0.433 e. The quantitative estimate of drug-likeness (QED) is 0.0912. The fraction of sp³-hybridized carbons (Fsp3) is 0.510. The smallest absolute Gasteiger partial charge is 0.433 e. The Morgan fingerprint density at radius 1 is 0.961 bits per heavy atom. The van der Waals surface area contributed by atoms with Crippen LogP contribution in [0.1, 0.15) is 86.3 Å². The SMILES string of the molecule is Cc1nc(Nc2ncc(C(=O)Nc3c(C)cccc3Cl)s2)cc(N2CCN(CCOC(=O)N3CCN(C(=O)OC4CCC(NC5=C(C(N)=O)CCC([NH2+]C6=C(C(=N)C(F)(F)F)C(=O)CC(C)(C)C6)=C5)CC4)CC3)CC2)n1. The summed E-state index contributed by atoms with van der Waals surface area (Å²) in [6, 6.07) is 7.15. The zero-order valence-electron chi connectivity index (χ0n) is 42.9. The molecular formula is C51H64ClF3N13O7S+. The Balaban J connectivity index is 0.731. The average molecular weight is 1100 g/mol. The number of ether oxygens (including phenoxy) is 2. The topological polar surface area (TPSA) is 258 Å². The standard InChI is InChI=1S/C51H63ClF3N13O7S/c1-29-6-5-7-35(52)43(29)64-46(71)39-28-58-47(76-39)63-40-25-41(60-30(2)59-40)66-16-14-65(15-17-66)22-23-74-48(72)67-18-20-68(21-19-67)49(73)75-33-11-8-31(9-12-33)61-36-24-32(10-13-34(36)45(57)70)62-37-26-50(3,4)27-38(69)42(37)44(56)51(53,54)55/h5-7,24-25,28,31,33,56,61-62H,8-23,26-27H2,1-4H3,(H2,57,70)(H,64,71)(H,58,59,60,63)/p+1. The largest absolute Gasteiger partial charge is 0.448 e. The molecule has 0 radical (unpaired) electrons. The normalized spacial score (nSPS) is 20.5. The van der Waals surface area contributed by atoms with Crippen molar-refractivity contribution in [3.63, 3.8) is 0 Å². The van der Waals surface area contributed by atoms with Crippen LogP contribution in [-0.4, -0.2) is 149 Å². The van der Waals surface area contributed by atoms with Crippen molar-refractivity contribution in [1.82, 2.24) is 35.0 Å². The van der Waals surface area contributed by atoms with Gasteiger partial charge < -0.3 is 45.9 Å². The zero-order valence-corrected chi connectivity index (χ0v) is 44.5. The number of nitrogens with two attached hydrogens (primary N) is 2. The first-order valence-electron chi connectivity index (χ1n) is 25.4. The number of benzene rings is 1. The van der Waals surface area contributed by atoms with Crippen LogP contribution in [-0.2, 0) is 19.1 Å². The lowest BCUT2D eigenvalue weighted by Gasteiger charge is -2.36. The third-order valence-electron chi connectivity index (χ3n) is 14.1. The minimum Gasteiger partial charge on any atom is -0.448 e. The molecule has 3 fully saturated rings. The molecule has 0 bridgehead atoms. The summed E-state index contributed by atoms with van der Waals surface area (Å²) >= 11 is 7.49. The summed E-state index contributed by atoms with van der Waals surface area (Å²) in [6.45, 7) is 12.0. The van der Waals surface area contributed by atoms with E-state index in [1.54, 1.807) is 41.1 Å². The number of quaternary nitrogens is 1. The number of nitrogens with one attached hydrogen (secondary N) is 4. The van der Waals surface area contributed by atoms with Crippen LogP contribution in [0.3, 0.4) is 0 Å².